The molecule has 1 aromatic heterocycles. The number of ether oxygens (including phenoxy) is 5. The normalized spacial score (nSPS) is 20.3. The van der Waals surface area contributed by atoms with Crippen LogP contribution < -0.4 is 14.8 Å². The van der Waals surface area contributed by atoms with Crippen molar-refractivity contribution in [2.24, 2.45) is 0 Å². The van der Waals surface area contributed by atoms with Gasteiger partial charge in [-0.15, -0.1) is 5.10 Å². The van der Waals surface area contributed by atoms with Gasteiger partial charge in [-0.2, -0.15) is 0 Å². The second-order valence-electron chi connectivity index (χ2n) is 11.4. The van der Waals surface area contributed by atoms with Gasteiger partial charge in [0, 0.05) is 51.2 Å². The van der Waals surface area contributed by atoms with E-state index < -0.39 is 50.0 Å². The standard InChI is InChI=1S/C33H40ClFN4O11/c1-46-25-15-20(32(45)49-18-26-28(42)29(43)30(44)33(47-2)50-26)14-24(34)31(25)48-17-19-5-3-6-21(13-19)36-27(41)9-8-22-16-39(38-37-22)12-4-7-23(40)10-11-35/h3,5-6,13-16,26,28-30,33,42-44H,4,7-12,17-18H2,1-2H3,(H,36,41)/t26-,28-,29+,30-,33-/m1/s1. The number of nitrogens with zero attached hydrogens (tertiary/aromatic N) is 3. The highest BCUT2D eigenvalue weighted by Crippen LogP contribution is 2.37. The summed E-state index contributed by atoms with van der Waals surface area (Å²) in [4.78, 5) is 36.9. The zero-order chi connectivity index (χ0) is 36.2. The van der Waals surface area contributed by atoms with Gasteiger partial charge in [0.15, 0.2) is 17.8 Å². The summed E-state index contributed by atoms with van der Waals surface area (Å²) in [6, 6.07) is 9.68. The first-order valence-corrected chi connectivity index (χ1v) is 16.2. The molecule has 4 N–H and O–H groups in total. The van der Waals surface area contributed by atoms with Crippen molar-refractivity contribution in [1.29, 1.82) is 0 Å². The summed E-state index contributed by atoms with van der Waals surface area (Å²) >= 11 is 6.46. The van der Waals surface area contributed by atoms with Crippen LogP contribution >= 0.6 is 11.6 Å². The Morgan fingerprint density at radius 3 is 2.60 bits per heavy atom. The molecule has 1 fully saturated rings. The third kappa shape index (κ3) is 10.7. The van der Waals surface area contributed by atoms with Crippen LogP contribution in [0.2, 0.25) is 5.02 Å². The number of rotatable bonds is 18. The molecule has 2 aromatic carbocycles. The quantitative estimate of drug-likeness (QED) is 0.140. The third-order valence-electron chi connectivity index (χ3n) is 7.75. The molecule has 5 atom stereocenters. The van der Waals surface area contributed by atoms with E-state index in [-0.39, 0.29) is 59.6 Å². The Morgan fingerprint density at radius 2 is 1.86 bits per heavy atom. The maximum absolute atomic E-state index is 12.8. The van der Waals surface area contributed by atoms with Crippen LogP contribution in [0.3, 0.4) is 0 Å². The molecular formula is C33H40ClFN4O11. The number of benzene rings is 2. The molecule has 1 saturated heterocycles. The molecule has 4 rings (SSSR count). The Kier molecular flexibility index (Phi) is 14.4. The van der Waals surface area contributed by atoms with Gasteiger partial charge in [0.2, 0.25) is 5.91 Å². The molecule has 1 aliphatic heterocycles. The van der Waals surface area contributed by atoms with E-state index in [1.165, 1.54) is 26.4 Å². The molecule has 1 aliphatic rings. The molecule has 0 spiro atoms. The summed E-state index contributed by atoms with van der Waals surface area (Å²) in [6.07, 6.45) is -4.02. The number of aliphatic hydroxyl groups excluding tert-OH is 3. The van der Waals surface area contributed by atoms with E-state index in [1.807, 2.05) is 0 Å². The summed E-state index contributed by atoms with van der Waals surface area (Å²) in [5, 5.41) is 41.1. The number of esters is 1. The fourth-order valence-electron chi connectivity index (χ4n) is 5.06. The minimum atomic E-state index is -1.57. The van der Waals surface area contributed by atoms with Crippen molar-refractivity contribution in [3.05, 3.63) is 64.4 Å². The SMILES string of the molecule is COc1cc(C(=O)OC[C@H]2O[C@@H](OC)[C@H](O)[C@@H](O)[C@@H]2O)cc(Cl)c1OCc1cccc(NC(=O)CCc2cn(CCCC(=O)CCF)nn2)c1. The lowest BCUT2D eigenvalue weighted by atomic mass is 9.99. The van der Waals surface area contributed by atoms with Crippen molar-refractivity contribution >= 4 is 34.9 Å². The van der Waals surface area contributed by atoms with Gasteiger partial charge in [-0.3, -0.25) is 18.7 Å². The van der Waals surface area contributed by atoms with E-state index >= 15 is 0 Å². The van der Waals surface area contributed by atoms with Gasteiger partial charge in [-0.1, -0.05) is 28.9 Å². The molecule has 15 nitrogen and oxygen atoms in total. The van der Waals surface area contributed by atoms with Crippen LogP contribution in [0, 0.1) is 0 Å². The molecule has 0 saturated carbocycles. The fraction of sp³-hybridized carbons (Fsp3) is 0.485. The lowest BCUT2D eigenvalue weighted by molar-refractivity contribution is -0.294. The highest BCUT2D eigenvalue weighted by Gasteiger charge is 2.44. The number of hydrogen-bond acceptors (Lipinski definition) is 13. The van der Waals surface area contributed by atoms with Crippen molar-refractivity contribution in [1.82, 2.24) is 15.0 Å². The number of nitrogens with one attached hydrogen (secondary N) is 1. The van der Waals surface area contributed by atoms with Gasteiger partial charge in [0.1, 0.15) is 43.4 Å². The Bertz CT molecular complexity index is 1610. The predicted molar refractivity (Wildman–Crippen MR) is 175 cm³/mol. The molecule has 0 unspecified atom stereocenters. The number of aryl methyl sites for hydroxylation is 2. The van der Waals surface area contributed by atoms with Gasteiger partial charge in [0.05, 0.1) is 30.1 Å². The van der Waals surface area contributed by atoms with Crippen LogP contribution in [0.1, 0.15) is 47.3 Å². The van der Waals surface area contributed by atoms with Crippen LogP contribution in [0.25, 0.3) is 0 Å². The maximum atomic E-state index is 12.8. The first kappa shape index (κ1) is 38.6. The Labute approximate surface area is 292 Å². The molecule has 272 valence electrons. The van der Waals surface area contributed by atoms with Gasteiger partial charge < -0.3 is 44.3 Å². The lowest BCUT2D eigenvalue weighted by Gasteiger charge is -2.39. The van der Waals surface area contributed by atoms with E-state index in [1.54, 1.807) is 35.1 Å². The van der Waals surface area contributed by atoms with Gasteiger partial charge in [-0.25, -0.2) is 4.79 Å². The van der Waals surface area contributed by atoms with E-state index in [4.69, 9.17) is 35.3 Å². The summed E-state index contributed by atoms with van der Waals surface area (Å²) < 4.78 is 40.8. The average Bonchev–Trinajstić information content (AvgIpc) is 3.56. The van der Waals surface area contributed by atoms with Crippen molar-refractivity contribution in [2.45, 2.75) is 76.0 Å². The van der Waals surface area contributed by atoms with E-state index in [9.17, 15) is 34.1 Å². The Morgan fingerprint density at radius 1 is 1.06 bits per heavy atom. The molecular weight excluding hydrogens is 683 g/mol. The predicted octanol–water partition coefficient (Wildman–Crippen LogP) is 2.41. The largest absolute Gasteiger partial charge is 0.493 e. The number of amides is 1. The zero-order valence-corrected chi connectivity index (χ0v) is 28.3. The minimum Gasteiger partial charge on any atom is -0.493 e. The summed E-state index contributed by atoms with van der Waals surface area (Å²) in [5.74, 6) is -0.891. The monoisotopic (exact) mass is 722 g/mol. The highest BCUT2D eigenvalue weighted by atomic mass is 35.5. The number of Topliss-reactive ketones (excluding diaryl/α,β-unsaturated/α-hetero) is 1. The smallest absolute Gasteiger partial charge is 0.338 e. The van der Waals surface area contributed by atoms with Crippen LogP contribution in [-0.2, 0) is 43.4 Å². The number of ketones is 1. The molecule has 50 heavy (non-hydrogen) atoms. The van der Waals surface area contributed by atoms with E-state index in [2.05, 4.69) is 15.6 Å². The van der Waals surface area contributed by atoms with Crippen molar-refractivity contribution in [2.75, 3.05) is 32.8 Å². The van der Waals surface area contributed by atoms with Gasteiger partial charge in [0.25, 0.3) is 0 Å². The van der Waals surface area contributed by atoms with Crippen molar-refractivity contribution in [3.8, 4) is 11.5 Å². The molecule has 0 aliphatic carbocycles. The van der Waals surface area contributed by atoms with Crippen LogP contribution in [0.5, 0.6) is 11.5 Å². The van der Waals surface area contributed by atoms with Crippen molar-refractivity contribution in [3.63, 3.8) is 0 Å². The molecule has 2 heterocycles. The van der Waals surface area contributed by atoms with Crippen molar-refractivity contribution < 1.29 is 57.8 Å². The number of hydrogen-bond donors (Lipinski definition) is 4. The Hall–Kier alpha value is -4.19. The molecule has 3 aromatic rings. The number of carbonyl (C=O) groups excluding carboxylic acids is 3. The van der Waals surface area contributed by atoms with E-state index in [0.29, 0.717) is 36.3 Å². The summed E-state index contributed by atoms with van der Waals surface area (Å²) in [6.45, 7) is -0.599. The van der Waals surface area contributed by atoms with Crippen LogP contribution in [0.15, 0.2) is 42.6 Å². The average molecular weight is 723 g/mol. The van der Waals surface area contributed by atoms with E-state index in [0.717, 1.165) is 0 Å². The topological polar surface area (TPSA) is 201 Å². The second-order valence-corrected chi connectivity index (χ2v) is 11.8. The zero-order valence-electron chi connectivity index (χ0n) is 27.5. The van der Waals surface area contributed by atoms with Gasteiger partial charge >= 0.3 is 5.97 Å². The molecule has 1 amide bonds. The number of aromatic nitrogens is 3. The van der Waals surface area contributed by atoms with Gasteiger partial charge in [-0.05, 0) is 36.2 Å². The number of carbonyl (C=O) groups is 3. The minimum absolute atomic E-state index is 0.0160. The lowest BCUT2D eigenvalue weighted by Crippen LogP contribution is -2.59. The number of anilines is 1. The first-order valence-electron chi connectivity index (χ1n) is 15.8. The Balaban J connectivity index is 1.27. The van der Waals surface area contributed by atoms with Crippen LogP contribution in [-0.4, -0.2) is 106 Å². The first-order chi connectivity index (χ1) is 24.0. The fourth-order valence-corrected chi connectivity index (χ4v) is 5.32. The van der Waals surface area contributed by atoms with Crippen LogP contribution in [0.4, 0.5) is 10.1 Å². The maximum Gasteiger partial charge on any atom is 0.338 e. The number of alkyl halides is 1. The number of aliphatic hydroxyl groups is 3. The second kappa shape index (κ2) is 18.7. The number of methoxy groups -OCH3 is 2. The summed E-state index contributed by atoms with van der Waals surface area (Å²) in [5.41, 5.74) is 1.88. The number of halogens is 2. The molecule has 0 radical (unpaired) electrons. The summed E-state index contributed by atoms with van der Waals surface area (Å²) in [7, 11) is 2.62. The molecule has 17 heteroatoms. The third-order valence-corrected chi connectivity index (χ3v) is 8.03. The molecule has 0 bridgehead atoms. The highest BCUT2D eigenvalue weighted by molar-refractivity contribution is 6.32.